The molecule has 2 aromatic rings. The van der Waals surface area contributed by atoms with E-state index in [0.29, 0.717) is 24.5 Å². The van der Waals surface area contributed by atoms with Crippen LogP contribution in [0.4, 0.5) is 9.80 Å². The van der Waals surface area contributed by atoms with Gasteiger partial charge in [-0.3, -0.25) is 4.72 Å². The van der Waals surface area contributed by atoms with Crippen LogP contribution < -0.4 is 4.72 Å². The molecule has 27 heavy (non-hydrogen) atoms. The first kappa shape index (κ1) is 19.7. The number of sulfonamides is 1. The molecule has 0 saturated heterocycles. The van der Waals surface area contributed by atoms with Gasteiger partial charge in [0.1, 0.15) is 10.6 Å². The quantitative estimate of drug-likeness (QED) is 0.828. The Hall–Kier alpha value is -2.06. The Kier molecular flexibility index (Phi) is 5.22. The summed E-state index contributed by atoms with van der Waals surface area (Å²) in [5.74, 6) is 0. The van der Waals surface area contributed by atoms with Crippen molar-refractivity contribution >= 4 is 32.5 Å². The van der Waals surface area contributed by atoms with Crippen LogP contribution >= 0.6 is 11.3 Å². The molecule has 0 bridgehead atoms. The van der Waals surface area contributed by atoms with Crippen LogP contribution in [0.25, 0.3) is 0 Å². The number of benzene rings is 1. The third-order valence-electron chi connectivity index (χ3n) is 4.10. The van der Waals surface area contributed by atoms with Crippen molar-refractivity contribution in [3.8, 4) is 0 Å². The lowest BCUT2D eigenvalue weighted by atomic mass is 10.1. The largest absolute Gasteiger partial charge is 0.444 e. The Bertz CT molecular complexity index is 941. The van der Waals surface area contributed by atoms with Crippen LogP contribution in [0, 0.1) is 6.92 Å². The first-order valence-corrected chi connectivity index (χ1v) is 11.0. The molecule has 2 heterocycles. The van der Waals surface area contributed by atoms with Crippen molar-refractivity contribution in [2.45, 2.75) is 51.2 Å². The summed E-state index contributed by atoms with van der Waals surface area (Å²) in [5.41, 5.74) is 1.53. The zero-order valence-electron chi connectivity index (χ0n) is 15.9. The lowest BCUT2D eigenvalue weighted by Crippen LogP contribution is -2.39. The minimum absolute atomic E-state index is 0.231. The topological polar surface area (TPSA) is 75.7 Å². The second kappa shape index (κ2) is 7.16. The first-order chi connectivity index (χ1) is 12.5. The highest BCUT2D eigenvalue weighted by Crippen LogP contribution is 2.33. The van der Waals surface area contributed by atoms with E-state index in [1.165, 1.54) is 11.3 Å². The van der Waals surface area contributed by atoms with Crippen molar-refractivity contribution in [2.24, 2.45) is 0 Å². The summed E-state index contributed by atoms with van der Waals surface area (Å²) in [7, 11) is -3.63. The molecular weight excluding hydrogens is 384 g/mol. The summed E-state index contributed by atoms with van der Waals surface area (Å²) < 4.78 is 33.2. The van der Waals surface area contributed by atoms with Crippen LogP contribution in [-0.4, -0.2) is 31.6 Å². The monoisotopic (exact) mass is 408 g/mol. The van der Waals surface area contributed by atoms with Gasteiger partial charge >= 0.3 is 6.09 Å². The number of rotatable bonds is 3. The number of aryl methyl sites for hydroxylation is 1. The Morgan fingerprint density at radius 3 is 2.52 bits per heavy atom. The van der Waals surface area contributed by atoms with Crippen molar-refractivity contribution in [1.29, 1.82) is 0 Å². The van der Waals surface area contributed by atoms with E-state index in [0.717, 1.165) is 16.0 Å². The Labute approximate surface area is 164 Å². The molecule has 6 nitrogen and oxygen atoms in total. The van der Waals surface area contributed by atoms with Gasteiger partial charge in [-0.1, -0.05) is 17.7 Å². The smallest absolute Gasteiger partial charge is 0.410 e. The standard InChI is InChI=1S/C19H24N2O4S2/c1-13-5-7-15(8-6-13)27(23,24)20-17-11-14-9-10-21(12-16(14)26-17)18(22)25-19(2,3)4/h5-8,11,20H,9-10,12H2,1-4H3. The number of anilines is 1. The zero-order chi connectivity index (χ0) is 19.8. The molecule has 8 heteroatoms. The molecule has 1 aromatic carbocycles. The average Bonchev–Trinajstić information content (AvgIpc) is 2.94. The number of carbonyl (C=O) groups excluding carboxylic acids is 1. The van der Waals surface area contributed by atoms with Crippen molar-refractivity contribution in [3.05, 3.63) is 46.3 Å². The SMILES string of the molecule is Cc1ccc(S(=O)(=O)Nc2cc3c(s2)CN(C(=O)OC(C)(C)C)CC3)cc1. The average molecular weight is 409 g/mol. The fourth-order valence-corrected chi connectivity index (χ4v) is 5.17. The number of ether oxygens (including phenoxy) is 1. The fourth-order valence-electron chi connectivity index (χ4n) is 2.76. The van der Waals surface area contributed by atoms with E-state index in [-0.39, 0.29) is 11.0 Å². The van der Waals surface area contributed by atoms with Crippen LogP contribution in [0.3, 0.4) is 0 Å². The number of nitrogens with one attached hydrogen (secondary N) is 1. The minimum atomic E-state index is -3.63. The number of carbonyl (C=O) groups is 1. The van der Waals surface area contributed by atoms with E-state index in [2.05, 4.69) is 4.72 Å². The van der Waals surface area contributed by atoms with Gasteiger partial charge in [0.05, 0.1) is 11.4 Å². The highest BCUT2D eigenvalue weighted by atomic mass is 32.2. The maximum absolute atomic E-state index is 12.6. The Morgan fingerprint density at radius 1 is 1.22 bits per heavy atom. The lowest BCUT2D eigenvalue weighted by molar-refractivity contribution is 0.0226. The van der Waals surface area contributed by atoms with Crippen molar-refractivity contribution in [1.82, 2.24) is 4.90 Å². The number of nitrogens with zero attached hydrogens (tertiary/aromatic N) is 1. The number of fused-ring (bicyclic) bond motifs is 1. The second-order valence-corrected chi connectivity index (χ2v) is 10.4. The predicted molar refractivity (Wildman–Crippen MR) is 107 cm³/mol. The molecule has 1 aliphatic heterocycles. The summed E-state index contributed by atoms with van der Waals surface area (Å²) in [5, 5.41) is 0.562. The van der Waals surface area contributed by atoms with E-state index in [1.807, 2.05) is 33.8 Å². The van der Waals surface area contributed by atoms with E-state index in [4.69, 9.17) is 4.74 Å². The summed E-state index contributed by atoms with van der Waals surface area (Å²) in [6, 6.07) is 8.59. The summed E-state index contributed by atoms with van der Waals surface area (Å²) in [4.78, 5) is 15.1. The van der Waals surface area contributed by atoms with Gasteiger partial charge in [0.2, 0.25) is 0 Å². The normalized spacial score (nSPS) is 14.6. The molecule has 1 aromatic heterocycles. The van der Waals surface area contributed by atoms with Gasteiger partial charge in [-0.2, -0.15) is 0 Å². The van der Waals surface area contributed by atoms with Crippen LogP contribution in [-0.2, 0) is 27.7 Å². The highest BCUT2D eigenvalue weighted by Gasteiger charge is 2.27. The van der Waals surface area contributed by atoms with Gasteiger partial charge in [-0.25, -0.2) is 13.2 Å². The second-order valence-electron chi connectivity index (χ2n) is 7.63. The molecule has 0 atom stereocenters. The van der Waals surface area contributed by atoms with Crippen LogP contribution in [0.15, 0.2) is 35.2 Å². The molecule has 3 rings (SSSR count). The van der Waals surface area contributed by atoms with Crippen molar-refractivity contribution in [3.63, 3.8) is 0 Å². The molecule has 0 radical (unpaired) electrons. The molecule has 0 aliphatic carbocycles. The van der Waals surface area contributed by atoms with E-state index in [9.17, 15) is 13.2 Å². The summed E-state index contributed by atoms with van der Waals surface area (Å²) >= 11 is 1.36. The molecule has 0 saturated carbocycles. The molecule has 146 valence electrons. The number of thiophene rings is 1. The maximum atomic E-state index is 12.6. The molecule has 0 unspecified atom stereocenters. The summed E-state index contributed by atoms with van der Waals surface area (Å²) in [6.07, 6.45) is 0.334. The van der Waals surface area contributed by atoms with Crippen molar-refractivity contribution in [2.75, 3.05) is 11.3 Å². The van der Waals surface area contributed by atoms with Gasteiger partial charge in [0.25, 0.3) is 10.0 Å². The van der Waals surface area contributed by atoms with Gasteiger partial charge in [0.15, 0.2) is 0 Å². The van der Waals surface area contributed by atoms with Gasteiger partial charge in [0, 0.05) is 11.4 Å². The van der Waals surface area contributed by atoms with E-state index >= 15 is 0 Å². The van der Waals surface area contributed by atoms with Gasteiger partial charge in [-0.05, 0) is 57.9 Å². The molecule has 1 amide bonds. The summed E-state index contributed by atoms with van der Waals surface area (Å²) in [6.45, 7) is 8.41. The Morgan fingerprint density at radius 2 is 1.89 bits per heavy atom. The molecular formula is C19H24N2O4S2. The van der Waals surface area contributed by atoms with Crippen LogP contribution in [0.5, 0.6) is 0 Å². The van der Waals surface area contributed by atoms with E-state index in [1.54, 1.807) is 29.2 Å². The Balaban J connectivity index is 1.73. The highest BCUT2D eigenvalue weighted by molar-refractivity contribution is 7.93. The number of hydrogen-bond acceptors (Lipinski definition) is 5. The third-order valence-corrected chi connectivity index (χ3v) is 6.69. The first-order valence-electron chi connectivity index (χ1n) is 8.72. The fraction of sp³-hybridized carbons (Fsp3) is 0.421. The predicted octanol–water partition coefficient (Wildman–Crippen LogP) is 4.15. The molecule has 0 spiro atoms. The number of hydrogen-bond donors (Lipinski definition) is 1. The van der Waals surface area contributed by atoms with Crippen molar-refractivity contribution < 1.29 is 17.9 Å². The number of amides is 1. The van der Waals surface area contributed by atoms with Crippen LogP contribution in [0.2, 0.25) is 0 Å². The molecule has 0 fully saturated rings. The third kappa shape index (κ3) is 4.81. The van der Waals surface area contributed by atoms with Gasteiger partial charge in [-0.15, -0.1) is 11.3 Å². The molecule has 1 aliphatic rings. The maximum Gasteiger partial charge on any atom is 0.410 e. The van der Waals surface area contributed by atoms with Crippen LogP contribution in [0.1, 0.15) is 36.8 Å². The van der Waals surface area contributed by atoms with E-state index < -0.39 is 15.6 Å². The van der Waals surface area contributed by atoms with Gasteiger partial charge < -0.3 is 9.64 Å². The zero-order valence-corrected chi connectivity index (χ0v) is 17.5. The minimum Gasteiger partial charge on any atom is -0.444 e. The lowest BCUT2D eigenvalue weighted by Gasteiger charge is -2.29. The molecule has 1 N–H and O–H groups in total.